The van der Waals surface area contributed by atoms with Crippen LogP contribution >= 0.6 is 12.4 Å². The van der Waals surface area contributed by atoms with Gasteiger partial charge >= 0.3 is 6.18 Å². The molecule has 4 rings (SSSR count). The molecule has 1 aromatic carbocycles. The third-order valence-corrected chi connectivity index (χ3v) is 5.96. The van der Waals surface area contributed by atoms with Crippen LogP contribution in [0.25, 0.3) is 22.3 Å². The second kappa shape index (κ2) is 10.7. The SMILES string of the molecule is CN(C)C(=O)CN1CC(CCOc2ccc(-c3cc4c(nnn4C)c(C#N)n3)cc2C(F)(F)F)C1.Cl. The Balaban J connectivity index is 0.00000361. The summed E-state index contributed by atoms with van der Waals surface area (Å²) in [6.07, 6.45) is -4.05. The van der Waals surface area contributed by atoms with Gasteiger partial charge in [0.15, 0.2) is 5.69 Å². The highest BCUT2D eigenvalue weighted by Crippen LogP contribution is 2.39. The van der Waals surface area contributed by atoms with Gasteiger partial charge in [-0.1, -0.05) is 5.21 Å². The molecule has 0 spiro atoms. The van der Waals surface area contributed by atoms with Crippen LogP contribution in [-0.4, -0.2) is 76.0 Å². The minimum atomic E-state index is -4.64. The number of ether oxygens (including phenoxy) is 1. The topological polar surface area (TPSA) is 100 Å². The molecule has 0 saturated carbocycles. The van der Waals surface area contributed by atoms with E-state index in [2.05, 4.69) is 15.3 Å². The second-order valence-electron chi connectivity index (χ2n) is 8.74. The number of hydrogen-bond acceptors (Lipinski definition) is 7. The normalized spacial score (nSPS) is 14.1. The number of nitrogens with zero attached hydrogens (tertiary/aromatic N) is 7. The van der Waals surface area contributed by atoms with Gasteiger partial charge in [-0.3, -0.25) is 9.69 Å². The van der Waals surface area contributed by atoms with E-state index in [4.69, 9.17) is 4.74 Å². The van der Waals surface area contributed by atoms with Crippen molar-refractivity contribution >= 4 is 29.3 Å². The fourth-order valence-electron chi connectivity index (χ4n) is 3.95. The van der Waals surface area contributed by atoms with Crippen molar-refractivity contribution in [3.63, 3.8) is 0 Å². The van der Waals surface area contributed by atoms with Crippen LogP contribution in [-0.2, 0) is 18.0 Å². The summed E-state index contributed by atoms with van der Waals surface area (Å²) in [5, 5.41) is 17.1. The van der Waals surface area contributed by atoms with Crippen LogP contribution in [0.1, 0.15) is 17.7 Å². The Hall–Kier alpha value is -3.43. The Morgan fingerprint density at radius 2 is 2.00 bits per heavy atom. The van der Waals surface area contributed by atoms with Gasteiger partial charge in [-0.25, -0.2) is 9.67 Å². The first-order valence-corrected chi connectivity index (χ1v) is 10.9. The summed E-state index contributed by atoms with van der Waals surface area (Å²) in [6.45, 7) is 1.90. The van der Waals surface area contributed by atoms with Gasteiger partial charge in [-0.2, -0.15) is 18.4 Å². The summed E-state index contributed by atoms with van der Waals surface area (Å²) in [7, 11) is 5.02. The third-order valence-electron chi connectivity index (χ3n) is 5.96. The molecular weight excluding hydrogens is 499 g/mol. The lowest BCUT2D eigenvalue weighted by Gasteiger charge is -2.39. The number of carbonyl (C=O) groups excluding carboxylic acids is 1. The summed E-state index contributed by atoms with van der Waals surface area (Å²) >= 11 is 0. The molecule has 1 amide bonds. The molecule has 1 aliphatic rings. The Morgan fingerprint density at radius 1 is 1.28 bits per heavy atom. The lowest BCUT2D eigenvalue weighted by atomic mass is 9.97. The maximum atomic E-state index is 13.8. The molecule has 1 fully saturated rings. The third kappa shape index (κ3) is 5.68. The van der Waals surface area contributed by atoms with E-state index in [1.165, 1.54) is 21.7 Å². The van der Waals surface area contributed by atoms with Gasteiger partial charge in [0.05, 0.1) is 29.9 Å². The Kier molecular flexibility index (Phi) is 8.05. The number of alkyl halides is 3. The summed E-state index contributed by atoms with van der Waals surface area (Å²) in [6, 6.07) is 7.22. The van der Waals surface area contributed by atoms with E-state index in [9.17, 15) is 23.2 Å². The predicted octanol–water partition coefficient (Wildman–Crippen LogP) is 3.13. The molecule has 0 N–H and O–H groups in total. The van der Waals surface area contributed by atoms with E-state index in [1.54, 1.807) is 27.2 Å². The highest BCUT2D eigenvalue weighted by molar-refractivity contribution is 5.85. The Labute approximate surface area is 211 Å². The first kappa shape index (κ1) is 27.2. The van der Waals surface area contributed by atoms with Crippen molar-refractivity contribution in [2.45, 2.75) is 12.6 Å². The number of aromatic nitrogens is 4. The highest BCUT2D eigenvalue weighted by atomic mass is 35.5. The molecule has 0 aliphatic carbocycles. The summed E-state index contributed by atoms with van der Waals surface area (Å²) in [4.78, 5) is 19.5. The molecule has 1 aliphatic heterocycles. The van der Waals surface area contributed by atoms with Crippen molar-refractivity contribution < 1.29 is 22.7 Å². The van der Waals surface area contributed by atoms with Crippen LogP contribution in [0.5, 0.6) is 5.75 Å². The molecule has 0 atom stereocenters. The maximum absolute atomic E-state index is 13.8. The smallest absolute Gasteiger partial charge is 0.419 e. The number of nitriles is 1. The maximum Gasteiger partial charge on any atom is 0.419 e. The number of hydrogen-bond donors (Lipinski definition) is 0. The van der Waals surface area contributed by atoms with E-state index in [1.807, 2.05) is 11.0 Å². The summed E-state index contributed by atoms with van der Waals surface area (Å²) in [5.74, 6) is 0.0280. The standard InChI is InChI=1S/C23H24F3N7O2.ClH/c1-31(2)21(34)13-33-11-14(12-33)6-7-35-20-5-4-15(8-16(20)23(24,25)26)17-9-19-22(18(10-27)28-17)29-30-32(19)3;/h4-5,8-9,14H,6-7,11-13H2,1-3H3;1H. The van der Waals surface area contributed by atoms with Gasteiger partial charge in [0.25, 0.3) is 0 Å². The van der Waals surface area contributed by atoms with Crippen LogP contribution in [0.2, 0.25) is 0 Å². The average Bonchev–Trinajstić information content (AvgIpc) is 3.16. The summed E-state index contributed by atoms with van der Waals surface area (Å²) < 4.78 is 48.5. The van der Waals surface area contributed by atoms with Crippen LogP contribution in [0.4, 0.5) is 13.2 Å². The van der Waals surface area contributed by atoms with Gasteiger partial charge in [0.2, 0.25) is 5.91 Å². The van der Waals surface area contributed by atoms with E-state index < -0.39 is 11.7 Å². The van der Waals surface area contributed by atoms with Crippen LogP contribution in [0.15, 0.2) is 24.3 Å². The van der Waals surface area contributed by atoms with Crippen molar-refractivity contribution in [3.05, 3.63) is 35.5 Å². The van der Waals surface area contributed by atoms with Crippen molar-refractivity contribution in [2.24, 2.45) is 13.0 Å². The molecule has 3 aromatic rings. The number of aryl methyl sites for hydroxylation is 1. The fraction of sp³-hybridized carbons (Fsp3) is 0.435. The molecule has 36 heavy (non-hydrogen) atoms. The van der Waals surface area contributed by atoms with Gasteiger partial charge in [0, 0.05) is 39.8 Å². The number of fused-ring (bicyclic) bond motifs is 1. The Morgan fingerprint density at radius 3 is 2.64 bits per heavy atom. The minimum Gasteiger partial charge on any atom is -0.493 e. The number of amides is 1. The highest BCUT2D eigenvalue weighted by Gasteiger charge is 2.35. The van der Waals surface area contributed by atoms with Crippen molar-refractivity contribution in [2.75, 3.05) is 40.3 Å². The predicted molar refractivity (Wildman–Crippen MR) is 127 cm³/mol. The van der Waals surface area contributed by atoms with Crippen molar-refractivity contribution in [3.8, 4) is 23.1 Å². The van der Waals surface area contributed by atoms with Crippen molar-refractivity contribution in [1.82, 2.24) is 29.8 Å². The number of benzene rings is 1. The number of rotatable bonds is 7. The number of halogens is 4. The lowest BCUT2D eigenvalue weighted by Crippen LogP contribution is -2.50. The first-order valence-electron chi connectivity index (χ1n) is 10.9. The molecule has 0 radical (unpaired) electrons. The molecule has 2 aromatic heterocycles. The van der Waals surface area contributed by atoms with E-state index in [-0.39, 0.29) is 59.1 Å². The molecule has 13 heteroatoms. The van der Waals surface area contributed by atoms with E-state index in [0.29, 0.717) is 31.6 Å². The number of carbonyl (C=O) groups is 1. The zero-order valence-corrected chi connectivity index (χ0v) is 20.7. The van der Waals surface area contributed by atoms with Crippen LogP contribution < -0.4 is 4.74 Å². The molecular formula is C23H25ClF3N7O2. The zero-order chi connectivity index (χ0) is 25.3. The first-order chi connectivity index (χ1) is 16.6. The largest absolute Gasteiger partial charge is 0.493 e. The molecule has 1 saturated heterocycles. The molecule has 9 nitrogen and oxygen atoms in total. The Bertz CT molecular complexity index is 1300. The molecule has 3 heterocycles. The number of likely N-dealkylation sites (tertiary alicyclic amines) is 1. The van der Waals surface area contributed by atoms with Crippen LogP contribution in [0, 0.1) is 17.2 Å². The summed E-state index contributed by atoms with van der Waals surface area (Å²) in [5.41, 5.74) is 0.257. The van der Waals surface area contributed by atoms with E-state index in [0.717, 1.165) is 6.07 Å². The van der Waals surface area contributed by atoms with Gasteiger partial charge < -0.3 is 9.64 Å². The van der Waals surface area contributed by atoms with Gasteiger partial charge in [0.1, 0.15) is 17.3 Å². The van der Waals surface area contributed by atoms with Gasteiger partial charge in [-0.05, 0) is 36.6 Å². The zero-order valence-electron chi connectivity index (χ0n) is 19.9. The number of likely N-dealkylation sites (N-methyl/N-ethyl adjacent to an activating group) is 1. The monoisotopic (exact) mass is 523 g/mol. The van der Waals surface area contributed by atoms with Gasteiger partial charge in [-0.15, -0.1) is 17.5 Å². The van der Waals surface area contributed by atoms with Crippen LogP contribution in [0.3, 0.4) is 0 Å². The van der Waals surface area contributed by atoms with E-state index >= 15 is 0 Å². The molecule has 0 unspecified atom stereocenters. The quantitative estimate of drug-likeness (QED) is 0.469. The molecule has 192 valence electrons. The van der Waals surface area contributed by atoms with Crippen molar-refractivity contribution in [1.29, 1.82) is 5.26 Å². The lowest BCUT2D eigenvalue weighted by molar-refractivity contribution is -0.139. The fourth-order valence-corrected chi connectivity index (χ4v) is 3.95. The minimum absolute atomic E-state index is 0. The molecule has 0 bridgehead atoms. The number of pyridine rings is 1. The average molecular weight is 524 g/mol. The second-order valence-corrected chi connectivity index (χ2v) is 8.74.